The molecule has 0 aromatic heterocycles. The second-order valence-electron chi connectivity index (χ2n) is 5.77. The number of carbonyl (C=O) groups is 2. The van der Waals surface area contributed by atoms with Crippen molar-refractivity contribution in [2.75, 3.05) is 7.11 Å². The van der Waals surface area contributed by atoms with Gasteiger partial charge in [0.15, 0.2) is 0 Å². The molecule has 0 spiro atoms. The molecule has 0 atom stereocenters. The summed E-state index contributed by atoms with van der Waals surface area (Å²) < 4.78 is 9.79. The summed E-state index contributed by atoms with van der Waals surface area (Å²) in [6, 6.07) is 0. The van der Waals surface area contributed by atoms with Crippen molar-refractivity contribution in [1.29, 1.82) is 0 Å². The third-order valence-corrected chi connectivity index (χ3v) is 3.87. The summed E-state index contributed by atoms with van der Waals surface area (Å²) in [6.45, 7) is 10.3. The Bertz CT molecular complexity index is 414. The molecule has 2 fully saturated rings. The monoisotopic (exact) mass is 280 g/mol. The van der Waals surface area contributed by atoms with Crippen LogP contribution in [0.2, 0.25) is 0 Å². The van der Waals surface area contributed by atoms with Crippen molar-refractivity contribution in [3.8, 4) is 0 Å². The second kappa shape index (κ2) is 6.73. The van der Waals surface area contributed by atoms with Gasteiger partial charge in [0.2, 0.25) is 0 Å². The van der Waals surface area contributed by atoms with Crippen molar-refractivity contribution in [3.63, 3.8) is 0 Å². The van der Waals surface area contributed by atoms with Crippen LogP contribution in [0.5, 0.6) is 0 Å². The van der Waals surface area contributed by atoms with Gasteiger partial charge in [-0.2, -0.15) is 0 Å². The van der Waals surface area contributed by atoms with Crippen LogP contribution in [0.3, 0.4) is 0 Å². The first kappa shape index (κ1) is 16.5. The molecule has 0 N–H and O–H groups in total. The summed E-state index contributed by atoms with van der Waals surface area (Å²) in [5.41, 5.74) is 0.855. The zero-order valence-electron chi connectivity index (χ0n) is 12.7. The van der Waals surface area contributed by atoms with Crippen LogP contribution in [0.1, 0.15) is 46.0 Å². The SMILES string of the molecule is C=C(C)C(=O)OC.C=C(C)C(=O)OC12CCC(CC1)C2. The van der Waals surface area contributed by atoms with Crippen molar-refractivity contribution >= 4 is 11.9 Å². The summed E-state index contributed by atoms with van der Waals surface area (Å²) in [6.07, 6.45) is 5.70. The Morgan fingerprint density at radius 1 is 1.05 bits per heavy atom. The number of ether oxygens (including phenoxy) is 2. The zero-order chi connectivity index (χ0) is 15.3. The summed E-state index contributed by atoms with van der Waals surface area (Å²) in [4.78, 5) is 21.5. The highest BCUT2D eigenvalue weighted by atomic mass is 16.6. The summed E-state index contributed by atoms with van der Waals surface area (Å²) in [7, 11) is 1.33. The lowest BCUT2D eigenvalue weighted by molar-refractivity contribution is -0.153. The smallest absolute Gasteiger partial charge is 0.333 e. The van der Waals surface area contributed by atoms with Gasteiger partial charge in [-0.25, -0.2) is 9.59 Å². The predicted molar refractivity (Wildman–Crippen MR) is 77.0 cm³/mol. The van der Waals surface area contributed by atoms with Crippen LogP contribution in [-0.4, -0.2) is 24.6 Å². The maximum atomic E-state index is 11.4. The molecular formula is C16H24O4. The van der Waals surface area contributed by atoms with Crippen LogP contribution in [0.4, 0.5) is 0 Å². The lowest BCUT2D eigenvalue weighted by atomic mass is 9.97. The Kier molecular flexibility index (Phi) is 5.54. The number of fused-ring (bicyclic) bond motifs is 2. The molecule has 0 radical (unpaired) electrons. The number of carbonyl (C=O) groups excluding carboxylic acids is 2. The fourth-order valence-electron chi connectivity index (χ4n) is 2.74. The van der Waals surface area contributed by atoms with Crippen molar-refractivity contribution in [1.82, 2.24) is 0 Å². The van der Waals surface area contributed by atoms with Crippen LogP contribution in [0, 0.1) is 5.92 Å². The molecule has 2 saturated carbocycles. The number of hydrogen-bond donors (Lipinski definition) is 0. The van der Waals surface area contributed by atoms with E-state index in [0.717, 1.165) is 25.2 Å². The number of hydrogen-bond acceptors (Lipinski definition) is 4. The third kappa shape index (κ3) is 4.22. The van der Waals surface area contributed by atoms with Gasteiger partial charge in [0.05, 0.1) is 7.11 Å². The van der Waals surface area contributed by atoms with E-state index < -0.39 is 0 Å². The van der Waals surface area contributed by atoms with Crippen LogP contribution >= 0.6 is 0 Å². The van der Waals surface area contributed by atoms with Gasteiger partial charge in [0.1, 0.15) is 5.60 Å². The molecule has 2 aliphatic rings. The minimum atomic E-state index is -0.347. The first-order valence-corrected chi connectivity index (χ1v) is 6.92. The molecule has 0 heterocycles. The first-order chi connectivity index (χ1) is 9.29. The molecule has 2 rings (SSSR count). The van der Waals surface area contributed by atoms with Crippen LogP contribution in [0.25, 0.3) is 0 Å². The topological polar surface area (TPSA) is 52.6 Å². The van der Waals surface area contributed by atoms with Gasteiger partial charge >= 0.3 is 11.9 Å². The van der Waals surface area contributed by atoms with E-state index in [0.29, 0.717) is 11.1 Å². The standard InChI is InChI=1S/C11H16O2.C5H8O2/c1-8(2)10(12)13-11-5-3-9(7-11)4-6-11;1-4(2)5(6)7-3/h9H,1,3-7H2,2H3;1H2,2-3H3. The third-order valence-electron chi connectivity index (χ3n) is 3.87. The maximum absolute atomic E-state index is 11.4. The van der Waals surface area contributed by atoms with Crippen LogP contribution in [-0.2, 0) is 19.1 Å². The minimum Gasteiger partial charge on any atom is -0.466 e. The van der Waals surface area contributed by atoms with Crippen molar-refractivity contribution in [2.24, 2.45) is 5.92 Å². The molecule has 0 aliphatic heterocycles. The van der Waals surface area contributed by atoms with Crippen molar-refractivity contribution in [2.45, 2.75) is 51.6 Å². The van der Waals surface area contributed by atoms with Gasteiger partial charge in [-0.05, 0) is 51.9 Å². The van der Waals surface area contributed by atoms with Gasteiger partial charge in [-0.1, -0.05) is 13.2 Å². The van der Waals surface area contributed by atoms with Crippen molar-refractivity contribution in [3.05, 3.63) is 24.3 Å². The van der Waals surface area contributed by atoms with E-state index in [1.807, 2.05) is 0 Å². The molecular weight excluding hydrogens is 256 g/mol. The quantitative estimate of drug-likeness (QED) is 0.588. The molecule has 2 bridgehead atoms. The van der Waals surface area contributed by atoms with Crippen LogP contribution in [0.15, 0.2) is 24.3 Å². The number of methoxy groups -OCH3 is 1. The van der Waals surface area contributed by atoms with Crippen molar-refractivity contribution < 1.29 is 19.1 Å². The van der Waals surface area contributed by atoms with Gasteiger partial charge in [-0.3, -0.25) is 0 Å². The highest BCUT2D eigenvalue weighted by Crippen LogP contribution is 2.50. The fourth-order valence-corrected chi connectivity index (χ4v) is 2.74. The lowest BCUT2D eigenvalue weighted by Crippen LogP contribution is -2.30. The first-order valence-electron chi connectivity index (χ1n) is 6.92. The average molecular weight is 280 g/mol. The zero-order valence-corrected chi connectivity index (χ0v) is 12.7. The Labute approximate surface area is 120 Å². The molecule has 112 valence electrons. The maximum Gasteiger partial charge on any atom is 0.333 e. The number of esters is 2. The molecule has 0 aromatic rings. The van der Waals surface area contributed by atoms with Gasteiger partial charge in [-0.15, -0.1) is 0 Å². The van der Waals surface area contributed by atoms with E-state index >= 15 is 0 Å². The number of rotatable bonds is 3. The van der Waals surface area contributed by atoms with Crippen LogP contribution < -0.4 is 0 Å². The van der Waals surface area contributed by atoms with E-state index in [1.54, 1.807) is 13.8 Å². The summed E-state index contributed by atoms with van der Waals surface area (Å²) in [5.74, 6) is 0.264. The van der Waals surface area contributed by atoms with Gasteiger partial charge in [0, 0.05) is 11.1 Å². The Hall–Kier alpha value is -1.58. The average Bonchev–Trinajstić information content (AvgIpc) is 2.98. The molecule has 0 amide bonds. The van der Waals surface area contributed by atoms with E-state index in [-0.39, 0.29) is 17.5 Å². The largest absolute Gasteiger partial charge is 0.466 e. The Balaban J connectivity index is 0.000000246. The highest BCUT2D eigenvalue weighted by molar-refractivity contribution is 5.87. The molecule has 20 heavy (non-hydrogen) atoms. The molecule has 4 nitrogen and oxygen atoms in total. The fraction of sp³-hybridized carbons (Fsp3) is 0.625. The highest BCUT2D eigenvalue weighted by Gasteiger charge is 2.47. The molecule has 0 aromatic carbocycles. The molecule has 2 aliphatic carbocycles. The molecule has 0 saturated heterocycles. The van der Waals surface area contributed by atoms with E-state index in [2.05, 4.69) is 17.9 Å². The van der Waals surface area contributed by atoms with E-state index in [9.17, 15) is 9.59 Å². The lowest BCUT2D eigenvalue weighted by Gasteiger charge is -2.26. The summed E-state index contributed by atoms with van der Waals surface area (Å²) >= 11 is 0. The molecule has 4 heteroatoms. The predicted octanol–water partition coefficient (Wildman–Crippen LogP) is 3.17. The normalized spacial score (nSPS) is 26.2. The Morgan fingerprint density at radius 3 is 1.80 bits per heavy atom. The van der Waals surface area contributed by atoms with Gasteiger partial charge in [0.25, 0.3) is 0 Å². The second-order valence-corrected chi connectivity index (χ2v) is 5.77. The van der Waals surface area contributed by atoms with E-state index in [4.69, 9.17) is 4.74 Å². The summed E-state index contributed by atoms with van der Waals surface area (Å²) in [5, 5.41) is 0. The van der Waals surface area contributed by atoms with E-state index in [1.165, 1.54) is 20.0 Å². The molecule has 0 unspecified atom stereocenters. The minimum absolute atomic E-state index is 0.0965. The van der Waals surface area contributed by atoms with Gasteiger partial charge < -0.3 is 9.47 Å². The Morgan fingerprint density at radius 2 is 1.55 bits per heavy atom.